The molecule has 0 radical (unpaired) electrons. The number of imidazole rings is 1. The summed E-state index contributed by atoms with van der Waals surface area (Å²) >= 11 is 7.59. The molecule has 0 aliphatic rings. The molecule has 20 heavy (non-hydrogen) atoms. The summed E-state index contributed by atoms with van der Waals surface area (Å²) in [4.78, 5) is 5.34. The number of rotatable bonds is 5. The minimum atomic E-state index is 0.461. The van der Waals surface area contributed by atoms with Gasteiger partial charge in [-0.1, -0.05) is 6.92 Å². The predicted molar refractivity (Wildman–Crippen MR) is 83.8 cm³/mol. The maximum absolute atomic E-state index is 5.97. The zero-order valence-electron chi connectivity index (χ0n) is 11.2. The third-order valence-corrected chi connectivity index (χ3v) is 4.19. The van der Waals surface area contributed by atoms with Crippen LogP contribution in [0.5, 0.6) is 5.75 Å². The van der Waals surface area contributed by atoms with Crippen molar-refractivity contribution in [1.82, 2.24) is 9.38 Å². The number of thiazole rings is 1. The molecule has 0 unspecified atom stereocenters. The molecule has 3 rings (SSSR count). The fraction of sp³-hybridized carbons (Fsp3) is 0.267. The molecule has 5 heteroatoms. The molecule has 3 nitrogen and oxygen atoms in total. The van der Waals surface area contributed by atoms with Crippen molar-refractivity contribution in [3.63, 3.8) is 0 Å². The smallest absolute Gasteiger partial charge is 0.194 e. The van der Waals surface area contributed by atoms with Crippen molar-refractivity contribution < 1.29 is 4.74 Å². The van der Waals surface area contributed by atoms with Gasteiger partial charge in [-0.2, -0.15) is 0 Å². The Morgan fingerprint density at radius 2 is 2.10 bits per heavy atom. The second-order valence-corrected chi connectivity index (χ2v) is 5.60. The average molecular weight is 307 g/mol. The first-order chi connectivity index (χ1) is 9.83. The summed E-state index contributed by atoms with van der Waals surface area (Å²) in [5.74, 6) is 1.37. The van der Waals surface area contributed by atoms with Crippen LogP contribution in [0.25, 0.3) is 16.2 Å². The number of alkyl halides is 1. The molecule has 0 amide bonds. The minimum Gasteiger partial charge on any atom is -0.494 e. The summed E-state index contributed by atoms with van der Waals surface area (Å²) in [6.07, 6.45) is 2.85. The lowest BCUT2D eigenvalue weighted by atomic mass is 10.1. The first-order valence-electron chi connectivity index (χ1n) is 6.56. The van der Waals surface area contributed by atoms with Gasteiger partial charge in [-0.15, -0.1) is 22.9 Å². The number of nitrogens with zero attached hydrogens (tertiary/aromatic N) is 2. The Labute approximate surface area is 126 Å². The highest BCUT2D eigenvalue weighted by atomic mass is 35.5. The van der Waals surface area contributed by atoms with Crippen molar-refractivity contribution in [2.75, 3.05) is 6.61 Å². The highest BCUT2D eigenvalue weighted by molar-refractivity contribution is 7.15. The molecule has 0 atom stereocenters. The summed E-state index contributed by atoms with van der Waals surface area (Å²) in [6.45, 7) is 2.85. The summed E-state index contributed by atoms with van der Waals surface area (Å²) in [7, 11) is 0. The van der Waals surface area contributed by atoms with Crippen LogP contribution in [0.3, 0.4) is 0 Å². The molecular weight excluding hydrogens is 292 g/mol. The number of ether oxygens (including phenoxy) is 1. The maximum Gasteiger partial charge on any atom is 0.194 e. The minimum absolute atomic E-state index is 0.461. The Kier molecular flexibility index (Phi) is 3.94. The summed E-state index contributed by atoms with van der Waals surface area (Å²) < 4.78 is 7.72. The van der Waals surface area contributed by atoms with Crippen LogP contribution in [0.1, 0.15) is 19.0 Å². The van der Waals surface area contributed by atoms with E-state index in [-0.39, 0.29) is 0 Å². The molecule has 3 aromatic rings. The van der Waals surface area contributed by atoms with Gasteiger partial charge in [0.2, 0.25) is 0 Å². The van der Waals surface area contributed by atoms with E-state index >= 15 is 0 Å². The van der Waals surface area contributed by atoms with E-state index in [1.807, 2.05) is 18.3 Å². The van der Waals surface area contributed by atoms with E-state index in [0.29, 0.717) is 5.88 Å². The van der Waals surface area contributed by atoms with Gasteiger partial charge in [0.15, 0.2) is 4.96 Å². The first-order valence-corrected chi connectivity index (χ1v) is 7.98. The lowest BCUT2D eigenvalue weighted by molar-refractivity contribution is 0.317. The van der Waals surface area contributed by atoms with Crippen molar-refractivity contribution in [2.45, 2.75) is 19.2 Å². The topological polar surface area (TPSA) is 26.5 Å². The second kappa shape index (κ2) is 5.85. The SMILES string of the molecule is CCCOc1ccc(-c2csc3ncc(CCl)n23)cc1. The van der Waals surface area contributed by atoms with E-state index in [2.05, 4.69) is 33.8 Å². The molecule has 2 aromatic heterocycles. The van der Waals surface area contributed by atoms with E-state index < -0.39 is 0 Å². The fourth-order valence-electron chi connectivity index (χ4n) is 2.10. The predicted octanol–water partition coefficient (Wildman–Crippen LogP) is 4.59. The number of fused-ring (bicyclic) bond motifs is 1. The zero-order valence-corrected chi connectivity index (χ0v) is 12.7. The van der Waals surface area contributed by atoms with Crippen molar-refractivity contribution in [2.24, 2.45) is 0 Å². The molecule has 1 aromatic carbocycles. The monoisotopic (exact) mass is 306 g/mol. The van der Waals surface area contributed by atoms with E-state index in [4.69, 9.17) is 16.3 Å². The van der Waals surface area contributed by atoms with Gasteiger partial charge in [0.1, 0.15) is 5.75 Å². The maximum atomic E-state index is 5.97. The summed E-state index contributed by atoms with van der Waals surface area (Å²) in [5, 5.41) is 2.11. The molecule has 104 valence electrons. The van der Waals surface area contributed by atoms with Crippen molar-refractivity contribution in [3.05, 3.63) is 41.5 Å². The zero-order chi connectivity index (χ0) is 13.9. The van der Waals surface area contributed by atoms with Gasteiger partial charge < -0.3 is 4.74 Å². The van der Waals surface area contributed by atoms with Crippen LogP contribution in [0.4, 0.5) is 0 Å². The Balaban J connectivity index is 1.96. The molecule has 0 spiro atoms. The average Bonchev–Trinajstić information content (AvgIpc) is 3.07. The number of halogens is 1. The summed E-state index contributed by atoms with van der Waals surface area (Å²) in [5.41, 5.74) is 3.29. The van der Waals surface area contributed by atoms with Crippen LogP contribution in [0.2, 0.25) is 0 Å². The number of hydrogen-bond acceptors (Lipinski definition) is 3. The van der Waals surface area contributed by atoms with E-state index in [0.717, 1.165) is 40.7 Å². The van der Waals surface area contributed by atoms with Crippen LogP contribution in [-0.4, -0.2) is 16.0 Å². The fourth-order valence-corrected chi connectivity index (χ4v) is 3.19. The van der Waals surface area contributed by atoms with Gasteiger partial charge >= 0.3 is 0 Å². The molecule has 0 fully saturated rings. The van der Waals surface area contributed by atoms with Crippen molar-refractivity contribution in [3.8, 4) is 17.0 Å². The number of benzene rings is 1. The van der Waals surface area contributed by atoms with Crippen LogP contribution in [0, 0.1) is 0 Å². The molecule has 0 bridgehead atoms. The molecule has 2 heterocycles. The quantitative estimate of drug-likeness (QED) is 0.644. The van der Waals surface area contributed by atoms with Gasteiger partial charge in [-0.25, -0.2) is 4.98 Å². The van der Waals surface area contributed by atoms with Gasteiger partial charge in [-0.3, -0.25) is 4.40 Å². The highest BCUT2D eigenvalue weighted by Crippen LogP contribution is 2.29. The number of hydrogen-bond donors (Lipinski definition) is 0. The standard InChI is InChI=1S/C15H15ClN2OS/c1-2-7-19-13-5-3-11(4-6-13)14-10-20-15-17-9-12(8-16)18(14)15/h3-6,9-10H,2,7-8H2,1H3. The summed E-state index contributed by atoms with van der Waals surface area (Å²) in [6, 6.07) is 8.16. The third kappa shape index (κ3) is 2.41. The Hall–Kier alpha value is -1.52. The highest BCUT2D eigenvalue weighted by Gasteiger charge is 2.11. The Morgan fingerprint density at radius 3 is 2.80 bits per heavy atom. The molecule has 0 N–H and O–H groups in total. The lowest BCUT2D eigenvalue weighted by Gasteiger charge is -2.06. The Morgan fingerprint density at radius 1 is 1.30 bits per heavy atom. The van der Waals surface area contributed by atoms with E-state index in [1.54, 1.807) is 11.3 Å². The number of aromatic nitrogens is 2. The van der Waals surface area contributed by atoms with E-state index in [9.17, 15) is 0 Å². The molecule has 0 aliphatic heterocycles. The van der Waals surface area contributed by atoms with Gasteiger partial charge in [0, 0.05) is 5.38 Å². The molecule has 0 saturated heterocycles. The molecule has 0 saturated carbocycles. The van der Waals surface area contributed by atoms with Gasteiger partial charge in [-0.05, 0) is 36.2 Å². The van der Waals surface area contributed by atoms with Crippen LogP contribution in [-0.2, 0) is 5.88 Å². The Bertz CT molecular complexity index is 702. The molecular formula is C15H15ClN2OS. The van der Waals surface area contributed by atoms with E-state index in [1.165, 1.54) is 0 Å². The van der Waals surface area contributed by atoms with Crippen LogP contribution >= 0.6 is 22.9 Å². The largest absolute Gasteiger partial charge is 0.494 e. The molecule has 0 aliphatic carbocycles. The van der Waals surface area contributed by atoms with Crippen LogP contribution in [0.15, 0.2) is 35.8 Å². The lowest BCUT2D eigenvalue weighted by Crippen LogP contribution is -1.95. The van der Waals surface area contributed by atoms with Gasteiger partial charge in [0.25, 0.3) is 0 Å². The first kappa shape index (κ1) is 13.5. The third-order valence-electron chi connectivity index (χ3n) is 3.08. The van der Waals surface area contributed by atoms with Crippen LogP contribution < -0.4 is 4.74 Å². The second-order valence-electron chi connectivity index (χ2n) is 4.49. The van der Waals surface area contributed by atoms with Crippen molar-refractivity contribution >= 4 is 27.9 Å². The van der Waals surface area contributed by atoms with Crippen molar-refractivity contribution in [1.29, 1.82) is 0 Å². The normalized spacial score (nSPS) is 11.1. The van der Waals surface area contributed by atoms with Gasteiger partial charge in [0.05, 0.1) is 30.1 Å².